The Kier molecular flexibility index (Phi) is 5.17. The van der Waals surface area contributed by atoms with Crippen molar-refractivity contribution in [1.82, 2.24) is 4.72 Å². The summed E-state index contributed by atoms with van der Waals surface area (Å²) in [4.78, 5) is 0.839. The molecule has 0 saturated heterocycles. The monoisotopic (exact) mass is 331 g/mol. The molecule has 0 radical (unpaired) electrons. The number of hydrogen-bond acceptors (Lipinski definition) is 4. The van der Waals surface area contributed by atoms with Crippen molar-refractivity contribution in [3.05, 3.63) is 51.9 Å². The van der Waals surface area contributed by atoms with Crippen LogP contribution in [0.1, 0.15) is 10.4 Å². The van der Waals surface area contributed by atoms with Crippen molar-refractivity contribution < 1.29 is 13.5 Å². The predicted molar refractivity (Wildman–Crippen MR) is 80.6 cm³/mol. The normalized spacial score (nSPS) is 11.7. The Hall–Kier alpha value is -0.920. The molecule has 4 nitrogen and oxygen atoms in total. The molecular formula is C13H14ClNO3S2. The van der Waals surface area contributed by atoms with E-state index in [0.717, 1.165) is 21.8 Å². The first-order chi connectivity index (χ1) is 9.53. The average molecular weight is 332 g/mol. The molecule has 0 unspecified atom stereocenters. The van der Waals surface area contributed by atoms with E-state index in [4.69, 9.17) is 16.7 Å². The maximum atomic E-state index is 12.1. The van der Waals surface area contributed by atoms with Gasteiger partial charge in [-0.3, -0.25) is 0 Å². The second-order valence-corrected chi connectivity index (χ2v) is 7.68. The third-order valence-electron chi connectivity index (χ3n) is 2.67. The molecule has 0 aliphatic heterocycles. The predicted octanol–water partition coefficient (Wildman–Crippen LogP) is 2.41. The molecule has 1 heterocycles. The van der Waals surface area contributed by atoms with Crippen molar-refractivity contribution in [2.45, 2.75) is 17.2 Å². The maximum Gasteiger partial charge on any atom is 0.250 e. The molecule has 1 aromatic carbocycles. The lowest BCUT2D eigenvalue weighted by molar-refractivity contribution is 0.300. The van der Waals surface area contributed by atoms with Gasteiger partial charge in [0.1, 0.15) is 4.21 Å². The standard InChI is InChI=1S/C13H14ClNO3S2/c14-12-4-2-1-3-10(12)9-15-20(17,18)13-6-5-11(19-13)7-8-16/h1-6,15-16H,7-9H2. The van der Waals surface area contributed by atoms with Crippen LogP contribution in [0.2, 0.25) is 5.02 Å². The molecule has 20 heavy (non-hydrogen) atoms. The van der Waals surface area contributed by atoms with E-state index >= 15 is 0 Å². The Morgan fingerprint density at radius 3 is 2.65 bits per heavy atom. The molecule has 0 amide bonds. The first kappa shape index (κ1) is 15.5. The SMILES string of the molecule is O=S(=O)(NCc1ccccc1Cl)c1ccc(CCO)s1. The molecule has 2 rings (SSSR count). The van der Waals surface area contributed by atoms with Gasteiger partial charge in [0, 0.05) is 29.5 Å². The molecule has 2 N–H and O–H groups in total. The molecule has 2 aromatic rings. The van der Waals surface area contributed by atoms with Crippen molar-refractivity contribution in [3.63, 3.8) is 0 Å². The second kappa shape index (κ2) is 6.69. The number of benzene rings is 1. The van der Waals surface area contributed by atoms with Crippen LogP contribution in [0.3, 0.4) is 0 Å². The molecule has 0 aliphatic carbocycles. The lowest BCUT2D eigenvalue weighted by Gasteiger charge is -2.06. The molecule has 7 heteroatoms. The molecule has 0 aliphatic rings. The van der Waals surface area contributed by atoms with Crippen LogP contribution in [0, 0.1) is 0 Å². The van der Waals surface area contributed by atoms with Crippen LogP contribution in [-0.2, 0) is 23.0 Å². The van der Waals surface area contributed by atoms with Crippen LogP contribution in [0.4, 0.5) is 0 Å². The maximum absolute atomic E-state index is 12.1. The molecule has 0 atom stereocenters. The Labute approximate surface area is 127 Å². The van der Waals surface area contributed by atoms with Gasteiger partial charge in [-0.15, -0.1) is 11.3 Å². The third kappa shape index (κ3) is 3.80. The highest BCUT2D eigenvalue weighted by molar-refractivity contribution is 7.91. The Morgan fingerprint density at radius 2 is 1.95 bits per heavy atom. The van der Waals surface area contributed by atoms with Crippen molar-refractivity contribution in [2.24, 2.45) is 0 Å². The Bertz CT molecular complexity index is 682. The van der Waals surface area contributed by atoms with Gasteiger partial charge in [0.25, 0.3) is 0 Å². The van der Waals surface area contributed by atoms with Crippen molar-refractivity contribution in [2.75, 3.05) is 6.61 Å². The fourth-order valence-electron chi connectivity index (χ4n) is 1.63. The van der Waals surface area contributed by atoms with Crippen molar-refractivity contribution in [3.8, 4) is 0 Å². The number of halogens is 1. The highest BCUT2D eigenvalue weighted by Gasteiger charge is 2.16. The quantitative estimate of drug-likeness (QED) is 0.854. The molecule has 0 saturated carbocycles. The summed E-state index contributed by atoms with van der Waals surface area (Å²) < 4.78 is 27.0. The van der Waals surface area contributed by atoms with E-state index in [1.807, 2.05) is 0 Å². The molecule has 0 spiro atoms. The molecule has 108 valence electrons. The summed E-state index contributed by atoms with van der Waals surface area (Å²) in [7, 11) is -3.54. The average Bonchev–Trinajstić information content (AvgIpc) is 2.88. The zero-order valence-corrected chi connectivity index (χ0v) is 12.9. The lowest BCUT2D eigenvalue weighted by atomic mass is 10.2. The van der Waals surface area contributed by atoms with E-state index in [0.29, 0.717) is 11.4 Å². The van der Waals surface area contributed by atoms with E-state index in [-0.39, 0.29) is 17.4 Å². The molecule has 0 bridgehead atoms. The Morgan fingerprint density at radius 1 is 1.20 bits per heavy atom. The molecular weight excluding hydrogens is 318 g/mol. The van der Waals surface area contributed by atoms with Crippen LogP contribution in [-0.4, -0.2) is 20.1 Å². The third-order valence-corrected chi connectivity index (χ3v) is 6.08. The first-order valence-corrected chi connectivity index (χ1v) is 8.63. The van der Waals surface area contributed by atoms with E-state index in [9.17, 15) is 8.42 Å². The summed E-state index contributed by atoms with van der Waals surface area (Å²) in [5, 5.41) is 9.37. The van der Waals surface area contributed by atoms with Crippen molar-refractivity contribution in [1.29, 1.82) is 0 Å². The van der Waals surface area contributed by atoms with Gasteiger partial charge in [0.15, 0.2) is 0 Å². The van der Waals surface area contributed by atoms with Crippen LogP contribution < -0.4 is 4.72 Å². The van der Waals surface area contributed by atoms with Gasteiger partial charge in [-0.1, -0.05) is 29.8 Å². The number of nitrogens with one attached hydrogen (secondary N) is 1. The summed E-state index contributed by atoms with van der Waals surface area (Å²) in [6, 6.07) is 10.3. The smallest absolute Gasteiger partial charge is 0.250 e. The molecule has 0 fully saturated rings. The van der Waals surface area contributed by atoms with Gasteiger partial charge < -0.3 is 5.11 Å². The first-order valence-electron chi connectivity index (χ1n) is 5.95. The van der Waals surface area contributed by atoms with Crippen LogP contribution in [0.15, 0.2) is 40.6 Å². The summed E-state index contributed by atoms with van der Waals surface area (Å²) >= 11 is 7.14. The van der Waals surface area contributed by atoms with Gasteiger partial charge in [-0.05, 0) is 23.8 Å². The Balaban J connectivity index is 2.09. The molecule has 1 aromatic heterocycles. The number of thiophene rings is 1. The summed E-state index contributed by atoms with van der Waals surface area (Å²) in [5.74, 6) is 0. The fourth-order valence-corrected chi connectivity index (χ4v) is 4.23. The second-order valence-electron chi connectivity index (χ2n) is 4.11. The van der Waals surface area contributed by atoms with Gasteiger partial charge in [-0.25, -0.2) is 13.1 Å². The zero-order valence-electron chi connectivity index (χ0n) is 10.5. The minimum atomic E-state index is -3.54. The van der Waals surface area contributed by atoms with Gasteiger partial charge >= 0.3 is 0 Å². The number of hydrogen-bond donors (Lipinski definition) is 2. The lowest BCUT2D eigenvalue weighted by Crippen LogP contribution is -2.22. The van der Waals surface area contributed by atoms with Gasteiger partial charge in [-0.2, -0.15) is 0 Å². The van der Waals surface area contributed by atoms with E-state index in [1.165, 1.54) is 0 Å². The fraction of sp³-hybridized carbons (Fsp3) is 0.231. The van der Waals surface area contributed by atoms with E-state index in [2.05, 4.69) is 4.72 Å². The minimum absolute atomic E-state index is 0.00700. The van der Waals surface area contributed by atoms with Gasteiger partial charge in [0.2, 0.25) is 10.0 Å². The zero-order chi connectivity index (χ0) is 14.6. The van der Waals surface area contributed by atoms with Crippen LogP contribution in [0.5, 0.6) is 0 Å². The largest absolute Gasteiger partial charge is 0.396 e. The highest BCUT2D eigenvalue weighted by Crippen LogP contribution is 2.22. The number of aliphatic hydroxyl groups is 1. The van der Waals surface area contributed by atoms with E-state index < -0.39 is 10.0 Å². The van der Waals surface area contributed by atoms with Crippen LogP contribution >= 0.6 is 22.9 Å². The number of aliphatic hydroxyl groups excluding tert-OH is 1. The van der Waals surface area contributed by atoms with Crippen LogP contribution in [0.25, 0.3) is 0 Å². The van der Waals surface area contributed by atoms with Gasteiger partial charge in [0.05, 0.1) is 0 Å². The topological polar surface area (TPSA) is 66.4 Å². The summed E-state index contributed by atoms with van der Waals surface area (Å²) in [6.07, 6.45) is 0.463. The number of rotatable bonds is 6. The minimum Gasteiger partial charge on any atom is -0.396 e. The highest BCUT2D eigenvalue weighted by atomic mass is 35.5. The number of sulfonamides is 1. The van der Waals surface area contributed by atoms with E-state index in [1.54, 1.807) is 36.4 Å². The van der Waals surface area contributed by atoms with Crippen molar-refractivity contribution >= 4 is 33.0 Å². The summed E-state index contributed by atoms with van der Waals surface area (Å²) in [5.41, 5.74) is 0.727. The summed E-state index contributed by atoms with van der Waals surface area (Å²) in [6.45, 7) is 0.155.